The fourth-order valence-electron chi connectivity index (χ4n) is 3.30. The van der Waals surface area contributed by atoms with Crippen LogP contribution in [0.25, 0.3) is 0 Å². The predicted octanol–water partition coefficient (Wildman–Crippen LogP) is 3.49. The first-order valence-electron chi connectivity index (χ1n) is 8.79. The lowest BCUT2D eigenvalue weighted by atomic mass is 9.88. The van der Waals surface area contributed by atoms with Crippen molar-refractivity contribution >= 4 is 17.4 Å². The number of nitrogens with one attached hydrogen (secondary N) is 2. The lowest BCUT2D eigenvalue weighted by Gasteiger charge is -2.28. The Morgan fingerprint density at radius 1 is 1.39 bits per heavy atom. The number of hydrogen-bond acceptors (Lipinski definition) is 4. The standard InChI is InChI=1S/C17H27N3O2S/c1-12-4-2-3-5-14(12)22-10-8-19-17(21)20-15(13-6-7-13)16-18-9-11-23-16/h9,11-15H,2-8,10H2,1H3,(H2,19,20,21)/t12-,14-,15-/m1/s1. The molecule has 0 unspecified atom stereocenters. The first kappa shape index (κ1) is 16.7. The molecule has 2 fully saturated rings. The molecule has 5 nitrogen and oxygen atoms in total. The molecule has 2 amide bonds. The van der Waals surface area contributed by atoms with Gasteiger partial charge in [-0.3, -0.25) is 0 Å². The molecule has 0 spiro atoms. The molecule has 23 heavy (non-hydrogen) atoms. The van der Waals surface area contributed by atoms with E-state index in [0.29, 0.717) is 31.1 Å². The molecule has 1 aromatic rings. The fourth-order valence-corrected chi connectivity index (χ4v) is 4.08. The van der Waals surface area contributed by atoms with Crippen LogP contribution in [0.1, 0.15) is 56.5 Å². The van der Waals surface area contributed by atoms with Gasteiger partial charge in [0.05, 0.1) is 18.8 Å². The van der Waals surface area contributed by atoms with Crippen LogP contribution in [0.4, 0.5) is 4.79 Å². The zero-order valence-corrected chi connectivity index (χ0v) is 14.6. The van der Waals surface area contributed by atoms with Gasteiger partial charge in [-0.1, -0.05) is 19.8 Å². The molecule has 2 saturated carbocycles. The van der Waals surface area contributed by atoms with E-state index in [9.17, 15) is 4.79 Å². The smallest absolute Gasteiger partial charge is 0.315 e. The Bertz CT molecular complexity index is 490. The highest BCUT2D eigenvalue weighted by molar-refractivity contribution is 7.09. The minimum absolute atomic E-state index is 0.0642. The summed E-state index contributed by atoms with van der Waals surface area (Å²) in [4.78, 5) is 16.4. The molecule has 1 heterocycles. The van der Waals surface area contributed by atoms with E-state index in [0.717, 1.165) is 11.4 Å². The Morgan fingerprint density at radius 2 is 2.22 bits per heavy atom. The van der Waals surface area contributed by atoms with E-state index in [1.54, 1.807) is 17.5 Å². The molecule has 0 saturated heterocycles. The minimum atomic E-state index is -0.114. The first-order valence-corrected chi connectivity index (χ1v) is 9.67. The summed E-state index contributed by atoms with van der Waals surface area (Å²) in [5.74, 6) is 1.19. The van der Waals surface area contributed by atoms with Gasteiger partial charge >= 0.3 is 6.03 Å². The van der Waals surface area contributed by atoms with Crippen LogP contribution in [0.3, 0.4) is 0 Å². The second-order valence-electron chi connectivity index (χ2n) is 6.76. The average molecular weight is 337 g/mol. The highest BCUT2D eigenvalue weighted by Crippen LogP contribution is 2.41. The molecule has 128 valence electrons. The third kappa shape index (κ3) is 4.91. The van der Waals surface area contributed by atoms with Gasteiger partial charge in [0.1, 0.15) is 5.01 Å². The fraction of sp³-hybridized carbons (Fsp3) is 0.765. The molecule has 3 rings (SSSR count). The van der Waals surface area contributed by atoms with Crippen molar-refractivity contribution in [1.29, 1.82) is 0 Å². The molecule has 2 aliphatic rings. The van der Waals surface area contributed by atoms with Crippen LogP contribution in [0.2, 0.25) is 0 Å². The molecule has 2 N–H and O–H groups in total. The van der Waals surface area contributed by atoms with Gasteiger partial charge in [-0.05, 0) is 37.5 Å². The molecule has 6 heteroatoms. The SMILES string of the molecule is C[C@@H]1CCCC[C@H]1OCCNC(=O)N[C@@H](c1nccs1)C1CC1. The predicted molar refractivity (Wildman–Crippen MR) is 91.5 cm³/mol. The average Bonchev–Trinajstić information content (AvgIpc) is 3.25. The maximum Gasteiger partial charge on any atom is 0.315 e. The summed E-state index contributed by atoms with van der Waals surface area (Å²) >= 11 is 1.61. The van der Waals surface area contributed by atoms with Crippen molar-refractivity contribution in [3.8, 4) is 0 Å². The number of rotatable bonds is 7. The minimum Gasteiger partial charge on any atom is -0.376 e. The molecular weight excluding hydrogens is 310 g/mol. The number of ether oxygens (including phenoxy) is 1. The van der Waals surface area contributed by atoms with Crippen molar-refractivity contribution in [3.63, 3.8) is 0 Å². The highest BCUT2D eigenvalue weighted by atomic mass is 32.1. The largest absolute Gasteiger partial charge is 0.376 e. The Morgan fingerprint density at radius 3 is 2.91 bits per heavy atom. The van der Waals surface area contributed by atoms with E-state index >= 15 is 0 Å². The van der Waals surface area contributed by atoms with Gasteiger partial charge in [0.25, 0.3) is 0 Å². The Labute approximate surface area is 142 Å². The van der Waals surface area contributed by atoms with Crippen molar-refractivity contribution in [2.24, 2.45) is 11.8 Å². The van der Waals surface area contributed by atoms with Gasteiger partial charge in [-0.2, -0.15) is 0 Å². The summed E-state index contributed by atoms with van der Waals surface area (Å²) in [6, 6.07) is -0.0494. The van der Waals surface area contributed by atoms with Crippen LogP contribution >= 0.6 is 11.3 Å². The Kier molecular flexibility index (Phi) is 5.89. The van der Waals surface area contributed by atoms with Gasteiger partial charge in [-0.25, -0.2) is 9.78 Å². The van der Waals surface area contributed by atoms with Gasteiger partial charge in [0.15, 0.2) is 0 Å². The second kappa shape index (κ2) is 8.11. The van der Waals surface area contributed by atoms with Gasteiger partial charge in [-0.15, -0.1) is 11.3 Å². The van der Waals surface area contributed by atoms with E-state index in [-0.39, 0.29) is 12.1 Å². The summed E-state index contributed by atoms with van der Waals surface area (Å²) in [5, 5.41) is 8.96. The van der Waals surface area contributed by atoms with E-state index in [1.165, 1.54) is 32.1 Å². The zero-order valence-electron chi connectivity index (χ0n) is 13.8. The van der Waals surface area contributed by atoms with Gasteiger partial charge in [0.2, 0.25) is 0 Å². The number of amides is 2. The molecule has 1 aromatic heterocycles. The first-order chi connectivity index (χ1) is 11.2. The van der Waals surface area contributed by atoms with Crippen LogP contribution in [0.5, 0.6) is 0 Å². The van der Waals surface area contributed by atoms with Crippen molar-refractivity contribution in [2.45, 2.75) is 57.6 Å². The quantitative estimate of drug-likeness (QED) is 0.749. The summed E-state index contributed by atoms with van der Waals surface area (Å²) < 4.78 is 5.93. The Balaban J connectivity index is 1.36. The zero-order chi connectivity index (χ0) is 16.1. The lowest BCUT2D eigenvalue weighted by molar-refractivity contribution is -0.00245. The van der Waals surface area contributed by atoms with Crippen molar-refractivity contribution in [2.75, 3.05) is 13.2 Å². The molecular formula is C17H27N3O2S. The summed E-state index contributed by atoms with van der Waals surface area (Å²) in [6.07, 6.45) is 9.51. The monoisotopic (exact) mass is 337 g/mol. The number of carbonyl (C=O) groups is 1. The van der Waals surface area contributed by atoms with Crippen LogP contribution < -0.4 is 10.6 Å². The maximum atomic E-state index is 12.1. The highest BCUT2D eigenvalue weighted by Gasteiger charge is 2.34. The van der Waals surface area contributed by atoms with Crippen molar-refractivity contribution in [1.82, 2.24) is 15.6 Å². The second-order valence-corrected chi connectivity index (χ2v) is 7.68. The van der Waals surface area contributed by atoms with Gasteiger partial charge in [0, 0.05) is 18.1 Å². The normalized spacial score (nSPS) is 25.8. The molecule has 0 radical (unpaired) electrons. The summed E-state index contributed by atoms with van der Waals surface area (Å²) in [7, 11) is 0. The number of thiazole rings is 1. The number of urea groups is 1. The molecule has 0 bridgehead atoms. The van der Waals surface area contributed by atoms with Crippen LogP contribution in [0.15, 0.2) is 11.6 Å². The van der Waals surface area contributed by atoms with Crippen LogP contribution in [0, 0.1) is 11.8 Å². The van der Waals surface area contributed by atoms with E-state index in [4.69, 9.17) is 4.74 Å². The third-order valence-corrected chi connectivity index (χ3v) is 5.71. The van der Waals surface area contributed by atoms with Crippen molar-refractivity contribution in [3.05, 3.63) is 16.6 Å². The lowest BCUT2D eigenvalue weighted by Crippen LogP contribution is -2.40. The van der Waals surface area contributed by atoms with E-state index in [2.05, 4.69) is 22.5 Å². The topological polar surface area (TPSA) is 63.2 Å². The van der Waals surface area contributed by atoms with Crippen LogP contribution in [-0.2, 0) is 4.74 Å². The van der Waals surface area contributed by atoms with E-state index < -0.39 is 0 Å². The maximum absolute atomic E-state index is 12.1. The number of nitrogens with zero attached hydrogens (tertiary/aromatic N) is 1. The molecule has 0 aliphatic heterocycles. The van der Waals surface area contributed by atoms with Gasteiger partial charge < -0.3 is 15.4 Å². The molecule has 0 aromatic carbocycles. The summed E-state index contributed by atoms with van der Waals surface area (Å²) in [5.41, 5.74) is 0. The summed E-state index contributed by atoms with van der Waals surface area (Å²) in [6.45, 7) is 3.41. The number of aromatic nitrogens is 1. The number of hydrogen-bond donors (Lipinski definition) is 2. The van der Waals surface area contributed by atoms with Crippen molar-refractivity contribution < 1.29 is 9.53 Å². The number of carbonyl (C=O) groups excluding carboxylic acids is 1. The van der Waals surface area contributed by atoms with Crippen LogP contribution in [-0.4, -0.2) is 30.3 Å². The van der Waals surface area contributed by atoms with E-state index in [1.807, 2.05) is 5.38 Å². The third-order valence-electron chi connectivity index (χ3n) is 4.85. The Hall–Kier alpha value is -1.14. The molecule has 2 aliphatic carbocycles. The molecule has 3 atom stereocenters.